The summed E-state index contributed by atoms with van der Waals surface area (Å²) in [4.78, 5) is 38.2. The maximum Gasteiger partial charge on any atom is 0.306 e. The maximum absolute atomic E-state index is 12.9. The third-order valence-electron chi connectivity index (χ3n) is 14.8. The van der Waals surface area contributed by atoms with Crippen molar-refractivity contribution in [3.63, 3.8) is 0 Å². The summed E-state index contributed by atoms with van der Waals surface area (Å²) in [6.07, 6.45) is 58.1. The lowest BCUT2D eigenvalue weighted by Crippen LogP contribution is -2.30. The van der Waals surface area contributed by atoms with Crippen molar-refractivity contribution in [2.24, 2.45) is 17.8 Å². The molecule has 0 aromatic heterocycles. The fourth-order valence-electron chi connectivity index (χ4n) is 9.67. The van der Waals surface area contributed by atoms with Crippen LogP contribution >= 0.6 is 0 Å². The molecule has 0 aromatic carbocycles. The minimum Gasteiger partial charge on any atom is -0.462 e. The van der Waals surface area contributed by atoms with E-state index in [1.807, 2.05) is 0 Å². The lowest BCUT2D eigenvalue weighted by atomic mass is 9.99. The van der Waals surface area contributed by atoms with E-state index in [1.165, 1.54) is 231 Å². The molecule has 6 heteroatoms. The molecular weight excluding hydrogens is 853 g/mol. The van der Waals surface area contributed by atoms with Crippen molar-refractivity contribution in [3.05, 3.63) is 0 Å². The molecule has 2 atom stereocenters. The standard InChI is InChI=1S/C63H122O6/c1-7-59(6)51-45-39-33-27-20-16-12-10-8-9-11-13-17-21-28-34-40-46-52-61(64)67-55-60(56-68-62(65)53-47-41-35-29-24-23-26-32-38-44-50-58(4)5)69-63(66)54-48-42-36-30-22-18-14-15-19-25-31-37-43-49-57(2)3/h57-60H,7-56H2,1-6H3/t59?,60-/m1/s1. The molecule has 0 spiro atoms. The molecule has 0 rings (SSSR count). The highest BCUT2D eigenvalue weighted by molar-refractivity contribution is 5.71. The molecule has 6 nitrogen and oxygen atoms in total. The van der Waals surface area contributed by atoms with E-state index < -0.39 is 6.10 Å². The quantitative estimate of drug-likeness (QED) is 0.0343. The highest BCUT2D eigenvalue weighted by Gasteiger charge is 2.19. The van der Waals surface area contributed by atoms with Crippen LogP contribution in [0.2, 0.25) is 0 Å². The zero-order chi connectivity index (χ0) is 50.5. The SMILES string of the molecule is CCC(C)CCCCCCCCCCCCCCCCCCCCC(=O)OC[C@H](COC(=O)CCCCCCCCCCCCC(C)C)OC(=O)CCCCCCCCCCCCCCCC(C)C. The number of hydrogen-bond acceptors (Lipinski definition) is 6. The zero-order valence-corrected chi connectivity index (χ0v) is 47.6. The van der Waals surface area contributed by atoms with E-state index in [2.05, 4.69) is 41.5 Å². The fourth-order valence-corrected chi connectivity index (χ4v) is 9.67. The number of ether oxygens (including phenoxy) is 3. The van der Waals surface area contributed by atoms with Gasteiger partial charge in [0, 0.05) is 19.3 Å². The van der Waals surface area contributed by atoms with Crippen LogP contribution in [-0.4, -0.2) is 37.2 Å². The number of esters is 3. The van der Waals surface area contributed by atoms with E-state index in [0.717, 1.165) is 75.5 Å². The zero-order valence-electron chi connectivity index (χ0n) is 47.6. The normalized spacial score (nSPS) is 12.5. The number of unbranched alkanes of at least 4 members (excludes halogenated alkanes) is 38. The fraction of sp³-hybridized carbons (Fsp3) is 0.952. The summed E-state index contributed by atoms with van der Waals surface area (Å²) in [5.74, 6) is 1.73. The lowest BCUT2D eigenvalue weighted by Gasteiger charge is -2.18. The molecule has 0 aliphatic carbocycles. The molecule has 0 fully saturated rings. The molecule has 0 aliphatic rings. The van der Waals surface area contributed by atoms with Crippen molar-refractivity contribution in [3.8, 4) is 0 Å². The number of carbonyl (C=O) groups is 3. The average molecular weight is 976 g/mol. The predicted octanol–water partition coefficient (Wildman–Crippen LogP) is 20.7. The molecule has 0 bridgehead atoms. The van der Waals surface area contributed by atoms with Gasteiger partial charge in [-0.3, -0.25) is 14.4 Å². The molecule has 69 heavy (non-hydrogen) atoms. The molecule has 0 N–H and O–H groups in total. The van der Waals surface area contributed by atoms with Gasteiger partial charge in [0.15, 0.2) is 6.10 Å². The maximum atomic E-state index is 12.9. The summed E-state index contributed by atoms with van der Waals surface area (Å²) in [7, 11) is 0. The number of carbonyl (C=O) groups excluding carboxylic acids is 3. The molecule has 0 saturated heterocycles. The Balaban J connectivity index is 4.24. The molecule has 0 radical (unpaired) electrons. The summed E-state index contributed by atoms with van der Waals surface area (Å²) >= 11 is 0. The topological polar surface area (TPSA) is 78.9 Å². The second kappa shape index (κ2) is 54.2. The van der Waals surface area contributed by atoms with Gasteiger partial charge in [-0.05, 0) is 37.0 Å². The third kappa shape index (κ3) is 55.6. The van der Waals surface area contributed by atoms with E-state index in [-0.39, 0.29) is 31.1 Å². The van der Waals surface area contributed by atoms with E-state index in [4.69, 9.17) is 14.2 Å². The first kappa shape index (κ1) is 67.4. The van der Waals surface area contributed by atoms with Gasteiger partial charge in [0.2, 0.25) is 0 Å². The largest absolute Gasteiger partial charge is 0.462 e. The second-order valence-electron chi connectivity index (χ2n) is 22.9. The molecule has 0 aromatic rings. The van der Waals surface area contributed by atoms with E-state index >= 15 is 0 Å². The van der Waals surface area contributed by atoms with Crippen LogP contribution in [0.3, 0.4) is 0 Å². The van der Waals surface area contributed by atoms with E-state index in [0.29, 0.717) is 19.3 Å². The Morgan fingerprint density at radius 2 is 0.507 bits per heavy atom. The highest BCUT2D eigenvalue weighted by Crippen LogP contribution is 2.19. The van der Waals surface area contributed by atoms with Crippen molar-refractivity contribution < 1.29 is 28.6 Å². The van der Waals surface area contributed by atoms with Gasteiger partial charge in [-0.25, -0.2) is 0 Å². The Bertz CT molecular complexity index is 1070. The Hall–Kier alpha value is -1.59. The number of hydrogen-bond donors (Lipinski definition) is 0. The van der Waals surface area contributed by atoms with Gasteiger partial charge in [-0.1, -0.05) is 311 Å². The molecule has 1 unspecified atom stereocenters. The summed E-state index contributed by atoms with van der Waals surface area (Å²) in [5.41, 5.74) is 0. The van der Waals surface area contributed by atoms with Crippen LogP contribution in [0.15, 0.2) is 0 Å². The Morgan fingerprint density at radius 1 is 0.290 bits per heavy atom. The first-order valence-electron chi connectivity index (χ1n) is 31.1. The Kier molecular flexibility index (Phi) is 52.9. The molecule has 0 saturated carbocycles. The van der Waals surface area contributed by atoms with Gasteiger partial charge in [-0.15, -0.1) is 0 Å². The van der Waals surface area contributed by atoms with Gasteiger partial charge in [-0.2, -0.15) is 0 Å². The van der Waals surface area contributed by atoms with Crippen molar-refractivity contribution >= 4 is 17.9 Å². The van der Waals surface area contributed by atoms with Crippen LogP contribution in [0.1, 0.15) is 350 Å². The van der Waals surface area contributed by atoms with Gasteiger partial charge in [0.25, 0.3) is 0 Å². The molecular formula is C63H122O6. The van der Waals surface area contributed by atoms with Crippen LogP contribution in [0.5, 0.6) is 0 Å². The van der Waals surface area contributed by atoms with Crippen LogP contribution < -0.4 is 0 Å². The Labute approximate surface area is 431 Å². The van der Waals surface area contributed by atoms with Crippen molar-refractivity contribution in [1.29, 1.82) is 0 Å². The highest BCUT2D eigenvalue weighted by atomic mass is 16.6. The predicted molar refractivity (Wildman–Crippen MR) is 298 cm³/mol. The molecule has 0 amide bonds. The van der Waals surface area contributed by atoms with Gasteiger partial charge in [0.05, 0.1) is 0 Å². The monoisotopic (exact) mass is 975 g/mol. The van der Waals surface area contributed by atoms with Crippen LogP contribution in [0.25, 0.3) is 0 Å². The van der Waals surface area contributed by atoms with Crippen LogP contribution in [0, 0.1) is 17.8 Å². The van der Waals surface area contributed by atoms with Gasteiger partial charge < -0.3 is 14.2 Å². The summed E-state index contributed by atoms with van der Waals surface area (Å²) in [5, 5.41) is 0. The van der Waals surface area contributed by atoms with Gasteiger partial charge >= 0.3 is 17.9 Å². The lowest BCUT2D eigenvalue weighted by molar-refractivity contribution is -0.167. The molecule has 410 valence electrons. The van der Waals surface area contributed by atoms with Crippen molar-refractivity contribution in [2.45, 2.75) is 356 Å². The minimum absolute atomic E-state index is 0.0630. The number of rotatable bonds is 56. The van der Waals surface area contributed by atoms with Crippen molar-refractivity contribution in [2.75, 3.05) is 13.2 Å². The Morgan fingerprint density at radius 3 is 0.754 bits per heavy atom. The van der Waals surface area contributed by atoms with E-state index in [1.54, 1.807) is 0 Å². The van der Waals surface area contributed by atoms with Gasteiger partial charge in [0.1, 0.15) is 13.2 Å². The molecule has 0 aliphatic heterocycles. The summed E-state index contributed by atoms with van der Waals surface area (Å²) < 4.78 is 16.9. The second-order valence-corrected chi connectivity index (χ2v) is 22.9. The van der Waals surface area contributed by atoms with Crippen LogP contribution in [0.4, 0.5) is 0 Å². The molecule has 0 heterocycles. The summed E-state index contributed by atoms with van der Waals surface area (Å²) in [6.45, 7) is 13.8. The first-order chi connectivity index (χ1) is 33.6. The van der Waals surface area contributed by atoms with E-state index in [9.17, 15) is 14.4 Å². The average Bonchev–Trinajstić information content (AvgIpc) is 3.32. The first-order valence-corrected chi connectivity index (χ1v) is 31.1. The third-order valence-corrected chi connectivity index (χ3v) is 14.8. The van der Waals surface area contributed by atoms with Crippen LogP contribution in [-0.2, 0) is 28.6 Å². The van der Waals surface area contributed by atoms with Crippen molar-refractivity contribution in [1.82, 2.24) is 0 Å². The minimum atomic E-state index is -0.764. The summed E-state index contributed by atoms with van der Waals surface area (Å²) in [6, 6.07) is 0. The smallest absolute Gasteiger partial charge is 0.306 e.